The summed E-state index contributed by atoms with van der Waals surface area (Å²) < 4.78 is 1.87. The maximum absolute atomic E-state index is 4.22. The first-order chi connectivity index (χ1) is 8.61. The van der Waals surface area contributed by atoms with Gasteiger partial charge in [0.2, 0.25) is 0 Å². The van der Waals surface area contributed by atoms with Gasteiger partial charge in [-0.25, -0.2) is 9.97 Å². The van der Waals surface area contributed by atoms with Crippen LogP contribution in [0.15, 0.2) is 33.5 Å². The summed E-state index contributed by atoms with van der Waals surface area (Å²) in [4.78, 5) is 8.34. The Morgan fingerprint density at radius 1 is 1.11 bits per heavy atom. The first-order valence-corrected chi connectivity index (χ1v) is 6.92. The van der Waals surface area contributed by atoms with Gasteiger partial charge < -0.3 is 10.6 Å². The Labute approximate surface area is 122 Å². The number of aryl methyl sites for hydroxylation is 1. The van der Waals surface area contributed by atoms with E-state index in [0.29, 0.717) is 0 Å². The highest BCUT2D eigenvalue weighted by molar-refractivity contribution is 9.11. The van der Waals surface area contributed by atoms with Crippen molar-refractivity contribution < 1.29 is 0 Å². The average molecular weight is 372 g/mol. The van der Waals surface area contributed by atoms with E-state index in [-0.39, 0.29) is 0 Å². The Hall–Kier alpha value is -1.14. The number of hydrogen-bond acceptors (Lipinski definition) is 4. The zero-order chi connectivity index (χ0) is 13.1. The van der Waals surface area contributed by atoms with Crippen molar-refractivity contribution in [3.05, 3.63) is 39.0 Å². The molecule has 0 amide bonds. The number of halogens is 2. The number of anilines is 3. The molecule has 1 heterocycles. The molecular weight excluding hydrogens is 360 g/mol. The van der Waals surface area contributed by atoms with E-state index >= 15 is 0 Å². The normalized spacial score (nSPS) is 10.2. The van der Waals surface area contributed by atoms with E-state index in [0.717, 1.165) is 31.8 Å². The van der Waals surface area contributed by atoms with Crippen molar-refractivity contribution in [3.8, 4) is 0 Å². The van der Waals surface area contributed by atoms with Crippen LogP contribution in [0.4, 0.5) is 17.3 Å². The summed E-state index contributed by atoms with van der Waals surface area (Å²) in [5.41, 5.74) is 2.15. The molecule has 0 atom stereocenters. The number of aromatic nitrogens is 2. The van der Waals surface area contributed by atoms with E-state index in [1.165, 1.54) is 6.33 Å². The number of rotatable bonds is 3. The number of nitrogens with one attached hydrogen (secondary N) is 2. The Morgan fingerprint density at radius 3 is 2.50 bits per heavy atom. The van der Waals surface area contributed by atoms with Crippen molar-refractivity contribution in [2.45, 2.75) is 6.92 Å². The lowest BCUT2D eigenvalue weighted by Gasteiger charge is -2.12. The van der Waals surface area contributed by atoms with Gasteiger partial charge in [-0.1, -0.05) is 15.9 Å². The predicted molar refractivity (Wildman–Crippen MR) is 81.4 cm³/mol. The molecule has 0 fully saturated rings. The Balaban J connectivity index is 2.34. The second-order valence-corrected chi connectivity index (χ2v) is 5.43. The van der Waals surface area contributed by atoms with Crippen molar-refractivity contribution in [3.63, 3.8) is 0 Å². The zero-order valence-corrected chi connectivity index (χ0v) is 13.1. The van der Waals surface area contributed by atoms with Gasteiger partial charge in [-0.15, -0.1) is 0 Å². The van der Waals surface area contributed by atoms with Crippen LogP contribution in [0.1, 0.15) is 5.56 Å². The molecule has 94 valence electrons. The molecule has 18 heavy (non-hydrogen) atoms. The lowest BCUT2D eigenvalue weighted by molar-refractivity contribution is 1.14. The van der Waals surface area contributed by atoms with Crippen molar-refractivity contribution in [2.24, 2.45) is 0 Å². The number of hydrogen-bond donors (Lipinski definition) is 2. The van der Waals surface area contributed by atoms with Gasteiger partial charge in [-0.3, -0.25) is 0 Å². The molecule has 2 N–H and O–H groups in total. The van der Waals surface area contributed by atoms with Gasteiger partial charge in [0.1, 0.15) is 22.4 Å². The fourth-order valence-electron chi connectivity index (χ4n) is 1.53. The van der Waals surface area contributed by atoms with Gasteiger partial charge >= 0.3 is 0 Å². The molecule has 1 aromatic carbocycles. The molecule has 0 saturated carbocycles. The van der Waals surface area contributed by atoms with Crippen LogP contribution in [0, 0.1) is 6.92 Å². The molecular formula is C12H12Br2N4. The molecule has 2 rings (SSSR count). The summed E-state index contributed by atoms with van der Waals surface area (Å²) in [6, 6.07) is 6.05. The predicted octanol–water partition coefficient (Wildman–Crippen LogP) is 4.10. The lowest BCUT2D eigenvalue weighted by Crippen LogP contribution is -2.01. The standard InChI is InChI=1S/C12H12Br2N4/c1-7-5-8(13)3-4-9(7)18-12-10(14)11(15-2)16-6-17-12/h3-6H,1-2H3,(H2,15,16,17,18). The third-order valence-corrected chi connectivity index (χ3v) is 3.71. The molecule has 0 aliphatic heterocycles. The van der Waals surface area contributed by atoms with Gasteiger partial charge in [-0.2, -0.15) is 0 Å². The zero-order valence-electron chi connectivity index (χ0n) is 9.96. The van der Waals surface area contributed by atoms with E-state index in [2.05, 4.69) is 58.5 Å². The van der Waals surface area contributed by atoms with Crippen molar-refractivity contribution in [2.75, 3.05) is 17.7 Å². The van der Waals surface area contributed by atoms with Gasteiger partial charge in [0.05, 0.1) is 0 Å². The molecule has 1 aromatic heterocycles. The highest BCUT2D eigenvalue weighted by Gasteiger charge is 2.08. The quantitative estimate of drug-likeness (QED) is 0.852. The largest absolute Gasteiger partial charge is 0.372 e. The second kappa shape index (κ2) is 5.67. The van der Waals surface area contributed by atoms with Gasteiger partial charge in [0, 0.05) is 17.2 Å². The minimum Gasteiger partial charge on any atom is -0.372 e. The van der Waals surface area contributed by atoms with Crippen LogP contribution in [0.25, 0.3) is 0 Å². The lowest BCUT2D eigenvalue weighted by atomic mass is 10.2. The third-order valence-electron chi connectivity index (χ3n) is 2.47. The van der Waals surface area contributed by atoms with Crippen LogP contribution in [0.3, 0.4) is 0 Å². The fourth-order valence-corrected chi connectivity index (χ4v) is 2.50. The van der Waals surface area contributed by atoms with Crippen LogP contribution in [0.2, 0.25) is 0 Å². The monoisotopic (exact) mass is 370 g/mol. The molecule has 0 aliphatic carbocycles. The van der Waals surface area contributed by atoms with Crippen molar-refractivity contribution in [1.29, 1.82) is 0 Å². The third kappa shape index (κ3) is 2.81. The average Bonchev–Trinajstić information content (AvgIpc) is 2.35. The highest BCUT2D eigenvalue weighted by Crippen LogP contribution is 2.30. The maximum atomic E-state index is 4.22. The topological polar surface area (TPSA) is 49.8 Å². The van der Waals surface area contributed by atoms with E-state index < -0.39 is 0 Å². The van der Waals surface area contributed by atoms with Crippen LogP contribution < -0.4 is 10.6 Å². The first kappa shape index (κ1) is 13.3. The van der Waals surface area contributed by atoms with Crippen LogP contribution in [0.5, 0.6) is 0 Å². The van der Waals surface area contributed by atoms with E-state index in [1.807, 2.05) is 26.1 Å². The number of nitrogens with zero attached hydrogens (tertiary/aromatic N) is 2. The summed E-state index contributed by atoms with van der Waals surface area (Å²) in [6.07, 6.45) is 1.52. The van der Waals surface area contributed by atoms with Crippen molar-refractivity contribution >= 4 is 49.2 Å². The molecule has 0 saturated heterocycles. The Bertz CT molecular complexity index is 572. The maximum Gasteiger partial charge on any atom is 0.150 e. The minimum absolute atomic E-state index is 0.736. The first-order valence-electron chi connectivity index (χ1n) is 5.33. The SMILES string of the molecule is CNc1ncnc(Nc2ccc(Br)cc2C)c1Br. The molecule has 0 aliphatic rings. The summed E-state index contributed by atoms with van der Waals surface area (Å²) >= 11 is 6.93. The van der Waals surface area contributed by atoms with Crippen LogP contribution >= 0.6 is 31.9 Å². The van der Waals surface area contributed by atoms with Gasteiger partial charge in [0.25, 0.3) is 0 Å². The van der Waals surface area contributed by atoms with Crippen molar-refractivity contribution in [1.82, 2.24) is 9.97 Å². The van der Waals surface area contributed by atoms with Crippen LogP contribution in [-0.2, 0) is 0 Å². The molecule has 0 bridgehead atoms. The minimum atomic E-state index is 0.736. The molecule has 2 aromatic rings. The fraction of sp³-hybridized carbons (Fsp3) is 0.167. The molecule has 0 unspecified atom stereocenters. The van der Waals surface area contributed by atoms with E-state index in [9.17, 15) is 0 Å². The Morgan fingerprint density at radius 2 is 1.83 bits per heavy atom. The second-order valence-electron chi connectivity index (χ2n) is 3.72. The highest BCUT2D eigenvalue weighted by atomic mass is 79.9. The summed E-state index contributed by atoms with van der Waals surface area (Å²) in [6.45, 7) is 2.04. The molecule has 0 spiro atoms. The number of benzene rings is 1. The summed E-state index contributed by atoms with van der Waals surface area (Å²) in [5, 5.41) is 6.28. The van der Waals surface area contributed by atoms with E-state index in [4.69, 9.17) is 0 Å². The Kier molecular flexibility index (Phi) is 4.19. The summed E-state index contributed by atoms with van der Waals surface area (Å²) in [5.74, 6) is 1.49. The summed E-state index contributed by atoms with van der Waals surface area (Å²) in [7, 11) is 1.82. The molecule has 4 nitrogen and oxygen atoms in total. The van der Waals surface area contributed by atoms with Crippen LogP contribution in [-0.4, -0.2) is 17.0 Å². The molecule has 0 radical (unpaired) electrons. The smallest absolute Gasteiger partial charge is 0.150 e. The van der Waals surface area contributed by atoms with Gasteiger partial charge in [0.15, 0.2) is 0 Å². The van der Waals surface area contributed by atoms with Gasteiger partial charge in [-0.05, 0) is 46.6 Å². The molecule has 6 heteroatoms. The van der Waals surface area contributed by atoms with E-state index in [1.54, 1.807) is 0 Å².